The van der Waals surface area contributed by atoms with Gasteiger partial charge in [0.2, 0.25) is 0 Å². The van der Waals surface area contributed by atoms with Gasteiger partial charge in [-0.15, -0.1) is 0 Å². The molecule has 114 valence electrons. The van der Waals surface area contributed by atoms with Crippen molar-refractivity contribution in [3.8, 4) is 0 Å². The Balaban J connectivity index is 1.74. The average Bonchev–Trinajstić information content (AvgIpc) is 2.69. The fourth-order valence-corrected chi connectivity index (χ4v) is 3.43. The smallest absolute Gasteiger partial charge is 0.255 e. The number of aromatic nitrogens is 2. The van der Waals surface area contributed by atoms with Crippen LogP contribution in [0, 0.1) is 5.41 Å². The molecule has 1 amide bonds. The van der Waals surface area contributed by atoms with Gasteiger partial charge in [0.05, 0.1) is 31.2 Å². The molecule has 6 nitrogen and oxygen atoms in total. The summed E-state index contributed by atoms with van der Waals surface area (Å²) in [5.41, 5.74) is 0.685. The van der Waals surface area contributed by atoms with Crippen LogP contribution < -0.4 is 0 Å². The minimum Gasteiger partial charge on any atom is -0.379 e. The fourth-order valence-electron chi connectivity index (χ4n) is 3.43. The molecule has 0 radical (unpaired) electrons. The first kappa shape index (κ1) is 14.4. The number of hydrogen-bond donors (Lipinski definition) is 0. The Bertz CT molecular complexity index is 496. The monoisotopic (exact) mass is 290 g/mol. The second kappa shape index (κ2) is 6.07. The van der Waals surface area contributed by atoms with Crippen molar-refractivity contribution >= 4 is 5.91 Å². The van der Waals surface area contributed by atoms with Crippen LogP contribution in [0.1, 0.15) is 23.2 Å². The first-order valence-corrected chi connectivity index (χ1v) is 7.51. The lowest BCUT2D eigenvalue weighted by Gasteiger charge is -2.43. The third-order valence-corrected chi connectivity index (χ3v) is 4.41. The Labute approximate surface area is 125 Å². The molecule has 2 saturated heterocycles. The summed E-state index contributed by atoms with van der Waals surface area (Å²) in [5, 5.41) is 7.53. The second-order valence-corrected chi connectivity index (χ2v) is 6.25. The maximum Gasteiger partial charge on any atom is 0.255 e. The lowest BCUT2D eigenvalue weighted by atomic mass is 9.80. The van der Waals surface area contributed by atoms with Crippen LogP contribution in [0.25, 0.3) is 0 Å². The van der Waals surface area contributed by atoms with Crippen molar-refractivity contribution in [2.75, 3.05) is 46.4 Å². The Morgan fingerprint density at radius 2 is 2.24 bits per heavy atom. The van der Waals surface area contributed by atoms with Crippen molar-refractivity contribution in [3.63, 3.8) is 0 Å². The van der Waals surface area contributed by atoms with Crippen molar-refractivity contribution in [2.45, 2.75) is 12.8 Å². The van der Waals surface area contributed by atoms with Gasteiger partial charge in [0, 0.05) is 31.6 Å². The number of likely N-dealkylation sites (tertiary alicyclic amines) is 1. The third kappa shape index (κ3) is 3.22. The molecule has 0 saturated carbocycles. The number of carbonyl (C=O) groups is 1. The normalized spacial score (nSPS) is 27.6. The van der Waals surface area contributed by atoms with Gasteiger partial charge in [-0.3, -0.25) is 4.79 Å². The molecule has 2 aliphatic rings. The Morgan fingerprint density at radius 1 is 1.33 bits per heavy atom. The van der Waals surface area contributed by atoms with Gasteiger partial charge >= 0.3 is 0 Å². The molecule has 3 rings (SSSR count). The van der Waals surface area contributed by atoms with Crippen molar-refractivity contribution in [1.82, 2.24) is 20.0 Å². The molecule has 0 aliphatic carbocycles. The molecule has 3 heterocycles. The highest BCUT2D eigenvalue weighted by atomic mass is 16.5. The number of ether oxygens (including phenoxy) is 1. The van der Waals surface area contributed by atoms with Gasteiger partial charge in [0.15, 0.2) is 0 Å². The molecule has 1 aromatic heterocycles. The van der Waals surface area contributed by atoms with Crippen molar-refractivity contribution in [1.29, 1.82) is 0 Å². The molecule has 0 N–H and O–H groups in total. The topological polar surface area (TPSA) is 58.6 Å². The number of amides is 1. The van der Waals surface area contributed by atoms with Crippen LogP contribution in [0.3, 0.4) is 0 Å². The first-order chi connectivity index (χ1) is 10.2. The third-order valence-electron chi connectivity index (χ3n) is 4.41. The number of rotatable bonds is 1. The fraction of sp³-hybridized carbons (Fsp3) is 0.667. The van der Waals surface area contributed by atoms with Gasteiger partial charge in [-0.25, -0.2) is 0 Å². The second-order valence-electron chi connectivity index (χ2n) is 6.25. The lowest BCUT2D eigenvalue weighted by molar-refractivity contribution is 0.00858. The van der Waals surface area contributed by atoms with E-state index >= 15 is 0 Å². The van der Waals surface area contributed by atoms with Gasteiger partial charge in [-0.2, -0.15) is 10.2 Å². The molecule has 2 aliphatic heterocycles. The Hall–Kier alpha value is -1.53. The maximum atomic E-state index is 12.6. The maximum absolute atomic E-state index is 12.6. The largest absolute Gasteiger partial charge is 0.379 e. The van der Waals surface area contributed by atoms with E-state index in [1.807, 2.05) is 4.90 Å². The van der Waals surface area contributed by atoms with E-state index < -0.39 is 0 Å². The van der Waals surface area contributed by atoms with E-state index in [9.17, 15) is 4.79 Å². The summed E-state index contributed by atoms with van der Waals surface area (Å²) < 4.78 is 5.79. The summed E-state index contributed by atoms with van der Waals surface area (Å²) in [4.78, 5) is 16.9. The zero-order valence-corrected chi connectivity index (χ0v) is 12.5. The van der Waals surface area contributed by atoms with Crippen LogP contribution in [0.15, 0.2) is 18.5 Å². The predicted molar refractivity (Wildman–Crippen MR) is 77.9 cm³/mol. The molecule has 1 aromatic rings. The SMILES string of the molecule is CN1CCOC[C@]2(CCCN(C(=O)c3ccnnc3)C2)C1. The summed E-state index contributed by atoms with van der Waals surface area (Å²) >= 11 is 0. The van der Waals surface area contributed by atoms with Gasteiger partial charge in [-0.05, 0) is 26.0 Å². The van der Waals surface area contributed by atoms with E-state index in [2.05, 4.69) is 22.1 Å². The molecular weight excluding hydrogens is 268 g/mol. The molecule has 0 aromatic carbocycles. The molecule has 0 bridgehead atoms. The average molecular weight is 290 g/mol. The molecule has 1 spiro atoms. The summed E-state index contributed by atoms with van der Waals surface area (Å²) in [5.74, 6) is 0.0517. The minimum absolute atomic E-state index is 0.0517. The Kier molecular flexibility index (Phi) is 4.17. The zero-order chi connectivity index (χ0) is 14.7. The van der Waals surface area contributed by atoms with Crippen LogP contribution in [-0.4, -0.2) is 72.3 Å². The van der Waals surface area contributed by atoms with Crippen LogP contribution in [0.4, 0.5) is 0 Å². The van der Waals surface area contributed by atoms with E-state index in [0.717, 1.165) is 52.2 Å². The van der Waals surface area contributed by atoms with Crippen LogP contribution in [0.5, 0.6) is 0 Å². The number of likely N-dealkylation sites (N-methyl/N-ethyl adjacent to an activating group) is 1. The van der Waals surface area contributed by atoms with Crippen molar-refractivity contribution < 1.29 is 9.53 Å². The lowest BCUT2D eigenvalue weighted by Crippen LogP contribution is -2.51. The van der Waals surface area contributed by atoms with Crippen LogP contribution in [-0.2, 0) is 4.74 Å². The van der Waals surface area contributed by atoms with E-state index in [1.54, 1.807) is 18.5 Å². The van der Waals surface area contributed by atoms with Crippen LogP contribution >= 0.6 is 0 Å². The van der Waals surface area contributed by atoms with Crippen molar-refractivity contribution in [3.05, 3.63) is 24.0 Å². The number of nitrogens with zero attached hydrogens (tertiary/aromatic N) is 4. The van der Waals surface area contributed by atoms with Crippen LogP contribution in [0.2, 0.25) is 0 Å². The summed E-state index contributed by atoms with van der Waals surface area (Å²) in [7, 11) is 2.13. The molecule has 6 heteroatoms. The van der Waals surface area contributed by atoms with Crippen molar-refractivity contribution in [2.24, 2.45) is 5.41 Å². The quantitative estimate of drug-likeness (QED) is 0.760. The van der Waals surface area contributed by atoms with Gasteiger partial charge in [0.1, 0.15) is 0 Å². The first-order valence-electron chi connectivity index (χ1n) is 7.51. The summed E-state index contributed by atoms with van der Waals surface area (Å²) in [6.45, 7) is 5.05. The molecule has 1 atom stereocenters. The van der Waals surface area contributed by atoms with E-state index in [1.165, 1.54) is 0 Å². The molecule has 21 heavy (non-hydrogen) atoms. The molecule has 0 unspecified atom stereocenters. The summed E-state index contributed by atoms with van der Waals surface area (Å²) in [6, 6.07) is 1.73. The zero-order valence-electron chi connectivity index (χ0n) is 12.5. The number of hydrogen-bond acceptors (Lipinski definition) is 5. The highest BCUT2D eigenvalue weighted by Crippen LogP contribution is 2.33. The Morgan fingerprint density at radius 3 is 3.05 bits per heavy atom. The van der Waals surface area contributed by atoms with Gasteiger partial charge in [0.25, 0.3) is 5.91 Å². The minimum atomic E-state index is 0.0517. The summed E-state index contributed by atoms with van der Waals surface area (Å²) in [6.07, 6.45) is 5.26. The highest BCUT2D eigenvalue weighted by molar-refractivity contribution is 5.93. The number of carbonyl (C=O) groups excluding carboxylic acids is 1. The number of piperidine rings is 1. The van der Waals surface area contributed by atoms with E-state index in [0.29, 0.717) is 5.56 Å². The predicted octanol–water partition coefficient (Wildman–Crippen LogP) is 0.661. The van der Waals surface area contributed by atoms with Gasteiger partial charge < -0.3 is 14.5 Å². The molecule has 2 fully saturated rings. The van der Waals surface area contributed by atoms with E-state index in [-0.39, 0.29) is 11.3 Å². The highest BCUT2D eigenvalue weighted by Gasteiger charge is 2.39. The van der Waals surface area contributed by atoms with E-state index in [4.69, 9.17) is 4.74 Å². The standard InChI is InChI=1S/C15H22N4O2/c1-18-7-8-21-12-15(10-18)4-2-6-19(11-15)14(20)13-3-5-16-17-9-13/h3,5,9H,2,4,6-8,10-12H2,1H3/t15-/m1/s1. The molecular formula is C15H22N4O2. The van der Waals surface area contributed by atoms with Gasteiger partial charge in [-0.1, -0.05) is 0 Å².